The van der Waals surface area contributed by atoms with Crippen LogP contribution < -0.4 is 0 Å². The molecule has 0 aliphatic carbocycles. The number of rotatable bonds is 2. The number of fused-ring (bicyclic) bond motifs is 3. The van der Waals surface area contributed by atoms with Gasteiger partial charge >= 0.3 is 11.9 Å². The summed E-state index contributed by atoms with van der Waals surface area (Å²) < 4.78 is 15.0. The van der Waals surface area contributed by atoms with Crippen molar-refractivity contribution in [3.63, 3.8) is 0 Å². The largest absolute Gasteiger partial charge is 0.464 e. The van der Waals surface area contributed by atoms with Crippen molar-refractivity contribution in [3.05, 3.63) is 35.7 Å². The van der Waals surface area contributed by atoms with Gasteiger partial charge in [0.1, 0.15) is 5.58 Å². The number of nitrogens with zero attached hydrogens (tertiary/aromatic N) is 2. The van der Waals surface area contributed by atoms with Gasteiger partial charge in [-0.2, -0.15) is 0 Å². The highest BCUT2D eigenvalue weighted by Crippen LogP contribution is 2.32. The van der Waals surface area contributed by atoms with E-state index in [9.17, 15) is 9.59 Å². The second-order valence-electron chi connectivity index (χ2n) is 4.18. The van der Waals surface area contributed by atoms with Gasteiger partial charge in [-0.15, -0.1) is 10.2 Å². The Morgan fingerprint density at radius 2 is 1.62 bits per heavy atom. The number of ether oxygens (including phenoxy) is 2. The molecule has 0 saturated carbocycles. The predicted octanol–water partition coefficient (Wildman–Crippen LogP) is 1.95. The first-order valence-corrected chi connectivity index (χ1v) is 6.02. The van der Waals surface area contributed by atoms with Crippen molar-refractivity contribution in [3.8, 4) is 0 Å². The Labute approximate surface area is 118 Å². The van der Waals surface area contributed by atoms with Crippen molar-refractivity contribution in [2.45, 2.75) is 0 Å². The normalized spacial score (nSPS) is 10.8. The lowest BCUT2D eigenvalue weighted by Gasteiger charge is -2.02. The molecule has 0 radical (unpaired) electrons. The zero-order chi connectivity index (χ0) is 15.0. The molecule has 0 fully saturated rings. The van der Waals surface area contributed by atoms with Crippen LogP contribution in [0.5, 0.6) is 0 Å². The Bertz CT molecular complexity index is 868. The number of carbonyl (C=O) groups is 2. The Morgan fingerprint density at radius 1 is 1.00 bits per heavy atom. The van der Waals surface area contributed by atoms with Gasteiger partial charge in [0, 0.05) is 5.39 Å². The van der Waals surface area contributed by atoms with Gasteiger partial charge in [-0.1, -0.05) is 18.2 Å². The fraction of sp³-hybridized carbons (Fsp3) is 0.143. The zero-order valence-corrected chi connectivity index (χ0v) is 11.2. The minimum Gasteiger partial charge on any atom is -0.464 e. The smallest absolute Gasteiger partial charge is 0.362 e. The number of para-hydroxylation sites is 1. The Kier molecular flexibility index (Phi) is 3.02. The van der Waals surface area contributed by atoms with E-state index in [1.54, 1.807) is 24.3 Å². The van der Waals surface area contributed by atoms with Crippen molar-refractivity contribution in [2.75, 3.05) is 14.2 Å². The molecule has 21 heavy (non-hydrogen) atoms. The molecule has 3 rings (SSSR count). The zero-order valence-electron chi connectivity index (χ0n) is 11.2. The van der Waals surface area contributed by atoms with Crippen molar-refractivity contribution in [1.82, 2.24) is 10.2 Å². The molecule has 3 aromatic rings. The van der Waals surface area contributed by atoms with Gasteiger partial charge in [0.2, 0.25) is 5.69 Å². The van der Waals surface area contributed by atoms with E-state index in [1.807, 2.05) is 0 Å². The third-order valence-corrected chi connectivity index (χ3v) is 3.05. The molecule has 7 heteroatoms. The van der Waals surface area contributed by atoms with E-state index in [0.717, 1.165) is 0 Å². The Morgan fingerprint density at radius 3 is 2.33 bits per heavy atom. The maximum Gasteiger partial charge on any atom is 0.362 e. The minimum absolute atomic E-state index is 0.00916. The first-order valence-electron chi connectivity index (χ1n) is 6.02. The summed E-state index contributed by atoms with van der Waals surface area (Å²) >= 11 is 0. The predicted molar refractivity (Wildman–Crippen MR) is 72.0 cm³/mol. The van der Waals surface area contributed by atoms with E-state index < -0.39 is 11.9 Å². The maximum atomic E-state index is 11.8. The Balaban J connectivity index is 2.46. The average Bonchev–Trinajstić information content (AvgIpc) is 2.92. The van der Waals surface area contributed by atoms with Crippen molar-refractivity contribution < 1.29 is 23.5 Å². The molecule has 1 aromatic carbocycles. The van der Waals surface area contributed by atoms with Gasteiger partial charge in [-0.25, -0.2) is 9.59 Å². The van der Waals surface area contributed by atoms with Crippen molar-refractivity contribution >= 4 is 33.9 Å². The first-order chi connectivity index (χ1) is 10.2. The van der Waals surface area contributed by atoms with Crippen LogP contribution in [-0.4, -0.2) is 36.4 Å². The standard InChI is InChI=1S/C14H10N2O5/c1-19-13(17)10-9-7-5-3-4-6-8(7)21-12(9)11(16-15-10)14(18)20-2/h3-6H,1-2H3. The second kappa shape index (κ2) is 4.86. The first kappa shape index (κ1) is 13.0. The van der Waals surface area contributed by atoms with Gasteiger partial charge in [-0.05, 0) is 6.07 Å². The number of benzene rings is 1. The summed E-state index contributed by atoms with van der Waals surface area (Å²) in [6.45, 7) is 0. The van der Waals surface area contributed by atoms with Crippen LogP contribution in [0, 0.1) is 0 Å². The molecule has 0 atom stereocenters. The third kappa shape index (κ3) is 1.90. The van der Waals surface area contributed by atoms with E-state index in [1.165, 1.54) is 14.2 Å². The number of furan rings is 1. The summed E-state index contributed by atoms with van der Waals surface area (Å²) in [6, 6.07) is 7.05. The summed E-state index contributed by atoms with van der Waals surface area (Å²) in [6.07, 6.45) is 0. The monoisotopic (exact) mass is 286 g/mol. The molecule has 0 aliphatic rings. The molecule has 0 unspecified atom stereocenters. The SMILES string of the molecule is COC(=O)c1nnc(C(=O)OC)c2c1oc1ccccc12. The molecule has 2 aromatic heterocycles. The number of aromatic nitrogens is 2. The van der Waals surface area contributed by atoms with E-state index in [0.29, 0.717) is 16.4 Å². The van der Waals surface area contributed by atoms with Crippen LogP contribution >= 0.6 is 0 Å². The van der Waals surface area contributed by atoms with Crippen LogP contribution in [0.3, 0.4) is 0 Å². The van der Waals surface area contributed by atoms with Crippen molar-refractivity contribution in [1.29, 1.82) is 0 Å². The molecule has 0 spiro atoms. The molecule has 0 amide bonds. The topological polar surface area (TPSA) is 91.5 Å². The molecule has 7 nitrogen and oxygen atoms in total. The quantitative estimate of drug-likeness (QED) is 0.665. The number of esters is 2. The van der Waals surface area contributed by atoms with E-state index in [2.05, 4.69) is 14.9 Å². The lowest BCUT2D eigenvalue weighted by molar-refractivity contribution is 0.0576. The summed E-state index contributed by atoms with van der Waals surface area (Å²) in [5.41, 5.74) is 0.567. The van der Waals surface area contributed by atoms with Gasteiger partial charge in [0.25, 0.3) is 0 Å². The highest BCUT2D eigenvalue weighted by Gasteiger charge is 2.25. The van der Waals surface area contributed by atoms with Crippen molar-refractivity contribution in [2.24, 2.45) is 0 Å². The maximum absolute atomic E-state index is 11.8. The van der Waals surface area contributed by atoms with E-state index in [4.69, 9.17) is 9.15 Å². The number of hydrogen-bond donors (Lipinski definition) is 0. The summed E-state index contributed by atoms with van der Waals surface area (Å²) in [5.74, 6) is -1.35. The molecule has 0 saturated heterocycles. The third-order valence-electron chi connectivity index (χ3n) is 3.05. The van der Waals surface area contributed by atoms with Crippen LogP contribution in [0.15, 0.2) is 28.7 Å². The van der Waals surface area contributed by atoms with Gasteiger partial charge in [-0.3, -0.25) is 0 Å². The lowest BCUT2D eigenvalue weighted by atomic mass is 10.1. The highest BCUT2D eigenvalue weighted by atomic mass is 16.5. The van der Waals surface area contributed by atoms with E-state index >= 15 is 0 Å². The molecular formula is C14H10N2O5. The van der Waals surface area contributed by atoms with Crippen LogP contribution in [-0.2, 0) is 9.47 Å². The number of carbonyl (C=O) groups excluding carboxylic acids is 2. The molecule has 106 valence electrons. The number of hydrogen-bond acceptors (Lipinski definition) is 7. The number of methoxy groups -OCH3 is 2. The fourth-order valence-corrected chi connectivity index (χ4v) is 2.11. The van der Waals surface area contributed by atoms with Crippen LogP contribution in [0.4, 0.5) is 0 Å². The average molecular weight is 286 g/mol. The molecule has 0 aliphatic heterocycles. The summed E-state index contributed by atoms with van der Waals surface area (Å²) in [4.78, 5) is 23.6. The van der Waals surface area contributed by atoms with Gasteiger partial charge < -0.3 is 13.9 Å². The second-order valence-corrected chi connectivity index (χ2v) is 4.18. The van der Waals surface area contributed by atoms with Gasteiger partial charge in [0.05, 0.1) is 19.6 Å². The summed E-state index contributed by atoms with van der Waals surface area (Å²) in [7, 11) is 2.47. The van der Waals surface area contributed by atoms with E-state index in [-0.39, 0.29) is 17.0 Å². The Hall–Kier alpha value is -2.96. The molecule has 2 heterocycles. The molecule has 0 bridgehead atoms. The molecule has 0 N–H and O–H groups in total. The minimum atomic E-state index is -0.692. The van der Waals surface area contributed by atoms with Crippen LogP contribution in [0.25, 0.3) is 21.9 Å². The van der Waals surface area contributed by atoms with Crippen LogP contribution in [0.1, 0.15) is 21.0 Å². The highest BCUT2D eigenvalue weighted by molar-refractivity contribution is 6.17. The lowest BCUT2D eigenvalue weighted by Crippen LogP contribution is -2.11. The van der Waals surface area contributed by atoms with Gasteiger partial charge in [0.15, 0.2) is 11.3 Å². The molecular weight excluding hydrogens is 276 g/mol. The fourth-order valence-electron chi connectivity index (χ4n) is 2.11. The van der Waals surface area contributed by atoms with Crippen LogP contribution in [0.2, 0.25) is 0 Å². The summed E-state index contributed by atoms with van der Waals surface area (Å²) in [5, 5.41) is 8.53.